The van der Waals surface area contributed by atoms with Crippen LogP contribution in [0.3, 0.4) is 0 Å². The fourth-order valence-electron chi connectivity index (χ4n) is 1.99. The fraction of sp³-hybridized carbons (Fsp3) is 0.357. The summed E-state index contributed by atoms with van der Waals surface area (Å²) < 4.78 is 9.96. The molecule has 22 heavy (non-hydrogen) atoms. The topological polar surface area (TPSA) is 93.7 Å². The molecule has 2 rings (SSSR count). The van der Waals surface area contributed by atoms with Crippen LogP contribution in [0.4, 0.5) is 5.69 Å². The number of benzene rings is 1. The summed E-state index contributed by atoms with van der Waals surface area (Å²) in [7, 11) is 1.46. The second-order valence-corrected chi connectivity index (χ2v) is 5.10. The highest BCUT2D eigenvalue weighted by Crippen LogP contribution is 2.27. The van der Waals surface area contributed by atoms with Crippen LogP contribution in [0.5, 0.6) is 5.75 Å². The van der Waals surface area contributed by atoms with E-state index in [0.717, 1.165) is 0 Å². The summed E-state index contributed by atoms with van der Waals surface area (Å²) in [4.78, 5) is 34.5. The second kappa shape index (κ2) is 7.13. The zero-order valence-corrected chi connectivity index (χ0v) is 12.6. The summed E-state index contributed by atoms with van der Waals surface area (Å²) in [5.41, 5.74) is 0.380. The number of methoxy groups -OCH3 is 1. The van der Waals surface area contributed by atoms with Gasteiger partial charge in [0, 0.05) is 11.4 Å². The molecular weight excluding hydrogens is 312 g/mol. The maximum Gasteiger partial charge on any atom is 0.329 e. The van der Waals surface area contributed by atoms with Crippen LogP contribution in [-0.4, -0.2) is 37.5 Å². The third-order valence-electron chi connectivity index (χ3n) is 3.06. The number of hydrogen-bond acceptors (Lipinski definition) is 5. The van der Waals surface area contributed by atoms with Crippen molar-refractivity contribution in [1.82, 2.24) is 5.32 Å². The van der Waals surface area contributed by atoms with E-state index < -0.39 is 24.5 Å². The third-order valence-corrected chi connectivity index (χ3v) is 3.30. The summed E-state index contributed by atoms with van der Waals surface area (Å²) in [6.45, 7) is -0.457. The van der Waals surface area contributed by atoms with Gasteiger partial charge < -0.3 is 20.1 Å². The van der Waals surface area contributed by atoms with Crippen LogP contribution in [0.25, 0.3) is 0 Å². The molecule has 0 aliphatic carbocycles. The van der Waals surface area contributed by atoms with Gasteiger partial charge in [0.25, 0.3) is 5.91 Å². The van der Waals surface area contributed by atoms with Crippen LogP contribution in [0.2, 0.25) is 5.02 Å². The van der Waals surface area contributed by atoms with Crippen molar-refractivity contribution in [3.63, 3.8) is 0 Å². The third kappa shape index (κ3) is 4.11. The summed E-state index contributed by atoms with van der Waals surface area (Å²) in [6, 6.07) is 4.08. The van der Waals surface area contributed by atoms with Crippen LogP contribution >= 0.6 is 11.6 Å². The molecule has 1 aromatic carbocycles. The van der Waals surface area contributed by atoms with Gasteiger partial charge >= 0.3 is 5.97 Å². The van der Waals surface area contributed by atoms with E-state index in [4.69, 9.17) is 21.1 Å². The minimum absolute atomic E-state index is 0.199. The average molecular weight is 327 g/mol. The van der Waals surface area contributed by atoms with Gasteiger partial charge in [-0.25, -0.2) is 4.79 Å². The van der Waals surface area contributed by atoms with Gasteiger partial charge in [-0.3, -0.25) is 9.59 Å². The smallest absolute Gasteiger partial charge is 0.329 e. The highest BCUT2D eigenvalue weighted by Gasteiger charge is 2.28. The van der Waals surface area contributed by atoms with Gasteiger partial charge in [0.15, 0.2) is 6.61 Å². The summed E-state index contributed by atoms with van der Waals surface area (Å²) in [5, 5.41) is 5.45. The Morgan fingerprint density at radius 1 is 1.45 bits per heavy atom. The summed E-state index contributed by atoms with van der Waals surface area (Å²) >= 11 is 5.85. The van der Waals surface area contributed by atoms with Gasteiger partial charge in [0.1, 0.15) is 11.8 Å². The number of amides is 2. The molecule has 8 heteroatoms. The molecule has 1 aromatic rings. The zero-order valence-electron chi connectivity index (χ0n) is 11.8. The van der Waals surface area contributed by atoms with Gasteiger partial charge in [0.2, 0.25) is 5.91 Å². The van der Waals surface area contributed by atoms with E-state index in [2.05, 4.69) is 10.6 Å². The van der Waals surface area contributed by atoms with Gasteiger partial charge in [0.05, 0.1) is 12.8 Å². The Hall–Kier alpha value is -2.28. The van der Waals surface area contributed by atoms with Gasteiger partial charge in [-0.05, 0) is 24.6 Å². The summed E-state index contributed by atoms with van der Waals surface area (Å²) in [6.07, 6.45) is 0.660. The zero-order chi connectivity index (χ0) is 16.1. The molecule has 1 aliphatic heterocycles. The van der Waals surface area contributed by atoms with Crippen molar-refractivity contribution in [3.8, 4) is 5.75 Å². The predicted octanol–water partition coefficient (Wildman–Crippen LogP) is 1.11. The number of rotatable bonds is 5. The maximum atomic E-state index is 11.8. The number of hydrogen-bond donors (Lipinski definition) is 2. The standard InChI is InChI=1S/C14H15ClN2O5/c1-21-11-4-2-8(15)6-10(11)17-13(19)7-22-14(20)9-3-5-12(18)16-9/h2,4,6,9H,3,5,7H2,1H3,(H,16,18)(H,17,19)/t9-/m1/s1. The molecule has 2 N–H and O–H groups in total. The molecule has 0 radical (unpaired) electrons. The van der Waals surface area contributed by atoms with E-state index in [-0.39, 0.29) is 12.3 Å². The lowest BCUT2D eigenvalue weighted by Crippen LogP contribution is -2.36. The fourth-order valence-corrected chi connectivity index (χ4v) is 2.16. The maximum absolute atomic E-state index is 11.8. The van der Waals surface area contributed by atoms with Gasteiger partial charge in [-0.15, -0.1) is 0 Å². The molecule has 0 aromatic heterocycles. The Bertz CT molecular complexity index is 605. The Balaban J connectivity index is 1.87. The lowest BCUT2D eigenvalue weighted by molar-refractivity contribution is -0.149. The Labute approximate surface area is 131 Å². The molecule has 118 valence electrons. The Kier molecular flexibility index (Phi) is 5.21. The van der Waals surface area contributed by atoms with E-state index in [0.29, 0.717) is 22.9 Å². The molecule has 0 spiro atoms. The first kappa shape index (κ1) is 16.1. The van der Waals surface area contributed by atoms with Crippen molar-refractivity contribution in [1.29, 1.82) is 0 Å². The number of anilines is 1. The number of ether oxygens (including phenoxy) is 2. The minimum atomic E-state index is -0.680. The number of esters is 1. The monoisotopic (exact) mass is 326 g/mol. The molecule has 1 aliphatic rings. The molecule has 1 heterocycles. The van der Waals surface area contributed by atoms with Gasteiger partial charge in [-0.2, -0.15) is 0 Å². The van der Waals surface area contributed by atoms with Crippen LogP contribution < -0.4 is 15.4 Å². The van der Waals surface area contributed by atoms with Crippen molar-refractivity contribution < 1.29 is 23.9 Å². The van der Waals surface area contributed by atoms with Crippen LogP contribution in [0.15, 0.2) is 18.2 Å². The number of nitrogens with one attached hydrogen (secondary N) is 2. The van der Waals surface area contributed by atoms with Crippen LogP contribution in [0, 0.1) is 0 Å². The summed E-state index contributed by atoms with van der Waals surface area (Å²) in [5.74, 6) is -0.917. The van der Waals surface area contributed by atoms with E-state index in [9.17, 15) is 14.4 Å². The molecule has 1 saturated heterocycles. The molecular formula is C14H15ClN2O5. The Morgan fingerprint density at radius 3 is 2.86 bits per heavy atom. The SMILES string of the molecule is COc1ccc(Cl)cc1NC(=O)COC(=O)[C@H]1CCC(=O)N1. The van der Waals surface area contributed by atoms with Crippen molar-refractivity contribution in [2.75, 3.05) is 19.0 Å². The van der Waals surface area contributed by atoms with Crippen molar-refractivity contribution in [3.05, 3.63) is 23.2 Å². The lowest BCUT2D eigenvalue weighted by atomic mass is 10.2. The minimum Gasteiger partial charge on any atom is -0.495 e. The lowest BCUT2D eigenvalue weighted by Gasteiger charge is -2.12. The van der Waals surface area contributed by atoms with Crippen molar-refractivity contribution >= 4 is 35.1 Å². The van der Waals surface area contributed by atoms with Crippen LogP contribution in [0.1, 0.15) is 12.8 Å². The molecule has 0 saturated carbocycles. The van der Waals surface area contributed by atoms with E-state index in [1.807, 2.05) is 0 Å². The first-order chi connectivity index (χ1) is 10.5. The number of carbonyl (C=O) groups excluding carboxylic acids is 3. The van der Waals surface area contributed by atoms with E-state index >= 15 is 0 Å². The molecule has 7 nitrogen and oxygen atoms in total. The van der Waals surface area contributed by atoms with Crippen molar-refractivity contribution in [2.24, 2.45) is 0 Å². The van der Waals surface area contributed by atoms with E-state index in [1.165, 1.54) is 13.2 Å². The highest BCUT2D eigenvalue weighted by atomic mass is 35.5. The molecule has 0 unspecified atom stereocenters. The highest BCUT2D eigenvalue weighted by molar-refractivity contribution is 6.31. The normalized spacial score (nSPS) is 16.8. The molecule has 1 fully saturated rings. The molecule has 2 amide bonds. The number of carbonyl (C=O) groups is 3. The Morgan fingerprint density at radius 2 is 2.23 bits per heavy atom. The molecule has 0 bridgehead atoms. The first-order valence-electron chi connectivity index (χ1n) is 6.59. The van der Waals surface area contributed by atoms with E-state index in [1.54, 1.807) is 12.1 Å². The predicted molar refractivity (Wildman–Crippen MR) is 78.8 cm³/mol. The average Bonchev–Trinajstić information content (AvgIpc) is 2.92. The van der Waals surface area contributed by atoms with Gasteiger partial charge in [-0.1, -0.05) is 11.6 Å². The van der Waals surface area contributed by atoms with Crippen molar-refractivity contribution in [2.45, 2.75) is 18.9 Å². The first-order valence-corrected chi connectivity index (χ1v) is 6.97. The number of halogens is 1. The second-order valence-electron chi connectivity index (χ2n) is 4.66. The largest absolute Gasteiger partial charge is 0.495 e. The quantitative estimate of drug-likeness (QED) is 0.791. The molecule has 1 atom stereocenters. The van der Waals surface area contributed by atoms with Crippen LogP contribution in [-0.2, 0) is 19.1 Å².